The molecule has 11 heteroatoms. The van der Waals surface area contributed by atoms with E-state index in [0.29, 0.717) is 23.7 Å². The molecule has 0 saturated carbocycles. The van der Waals surface area contributed by atoms with Crippen molar-refractivity contribution >= 4 is 120 Å². The van der Waals surface area contributed by atoms with Crippen LogP contribution in [0.4, 0.5) is 0 Å². The van der Waals surface area contributed by atoms with Gasteiger partial charge in [0.2, 0.25) is 0 Å². The number of benzene rings is 2. The maximum Gasteiger partial charge on any atom is 0.113 e. The van der Waals surface area contributed by atoms with Crippen LogP contribution >= 0.6 is 57.5 Å². The fourth-order valence-corrected chi connectivity index (χ4v) is 16.2. The normalized spacial score (nSPS) is 14.3. The molecular weight excluding hydrogens is 917 g/mol. The molecule has 0 fully saturated rings. The molecule has 4 unspecified atom stereocenters. The summed E-state index contributed by atoms with van der Waals surface area (Å²) in [6, 6.07) is 14.6. The van der Waals surface area contributed by atoms with Gasteiger partial charge in [-0.25, -0.2) is 0 Å². The summed E-state index contributed by atoms with van der Waals surface area (Å²) in [5.74, 6) is 2.64. The van der Waals surface area contributed by atoms with E-state index in [0.717, 1.165) is 48.0 Å². The third kappa shape index (κ3) is 9.68. The first-order valence-corrected chi connectivity index (χ1v) is 30.3. The number of hydrogen-bond acceptors (Lipinski definition) is 9. The van der Waals surface area contributed by atoms with Gasteiger partial charge in [-0.05, 0) is 72.6 Å². The molecule has 7 aromatic heterocycles. The number of thiophene rings is 3. The Balaban J connectivity index is 1.21. The smallest absolute Gasteiger partial charge is 0.113 e. The fourth-order valence-electron chi connectivity index (χ4n) is 11.0. The zero-order valence-corrected chi connectivity index (χ0v) is 45.7. The summed E-state index contributed by atoms with van der Waals surface area (Å²) >= 11 is 8.80. The minimum Gasteiger partial charge on any atom is -0.337 e. The third-order valence-electron chi connectivity index (χ3n) is 15.4. The van der Waals surface area contributed by atoms with Crippen LogP contribution in [0.3, 0.4) is 0 Å². The molecule has 9 rings (SSSR count). The molecule has 358 valence electrons. The lowest BCUT2D eigenvalue weighted by molar-refractivity contribution is 0.398. The Labute approximate surface area is 420 Å². The molecule has 0 N–H and O–H groups in total. The van der Waals surface area contributed by atoms with Crippen LogP contribution in [-0.4, -0.2) is 26.6 Å². The van der Waals surface area contributed by atoms with Gasteiger partial charge in [-0.15, -0.1) is 34.0 Å². The molecule has 9 aromatic rings. The number of rotatable bonds is 26. The van der Waals surface area contributed by atoms with Gasteiger partial charge in [-0.2, -0.15) is 17.5 Å². The lowest BCUT2D eigenvalue weighted by Crippen LogP contribution is -2.12. The molecule has 2 aromatic carbocycles. The molecule has 0 amide bonds. The second kappa shape index (κ2) is 22.2. The van der Waals surface area contributed by atoms with E-state index in [4.69, 9.17) is 17.5 Å². The molecular formula is C56H74N6S5. The monoisotopic (exact) mass is 990 g/mol. The largest absolute Gasteiger partial charge is 0.337 e. The Hall–Kier alpha value is -3.22. The number of nitrogens with zero attached hydrogens (tertiary/aromatic N) is 6. The molecule has 0 saturated heterocycles. The van der Waals surface area contributed by atoms with Gasteiger partial charge in [0.05, 0.1) is 64.3 Å². The SMILES string of the molecule is CCCCC(CC)Cc1ccc(-c2cc3c(s2)c2sc4c5sc(-c6ccc(CC(CC)CCCC)c7nsnc67)cc5n(CC(CC)CCCC)c4c2n3CC(CC)CCCC)c2nsnc12. The molecule has 0 radical (unpaired) electrons. The maximum atomic E-state index is 5.01. The fraction of sp³-hybridized carbons (Fsp3) is 0.571. The topological polar surface area (TPSA) is 61.4 Å². The van der Waals surface area contributed by atoms with E-state index in [1.807, 2.05) is 22.7 Å². The Morgan fingerprint density at radius 3 is 1.18 bits per heavy atom. The summed E-state index contributed by atoms with van der Waals surface area (Å²) in [6.45, 7) is 20.9. The van der Waals surface area contributed by atoms with Crippen LogP contribution in [0.15, 0.2) is 36.4 Å². The highest BCUT2D eigenvalue weighted by atomic mass is 32.1. The first-order valence-electron chi connectivity index (χ1n) is 26.4. The Morgan fingerprint density at radius 2 is 0.806 bits per heavy atom. The van der Waals surface area contributed by atoms with Gasteiger partial charge in [0.15, 0.2) is 0 Å². The van der Waals surface area contributed by atoms with Gasteiger partial charge >= 0.3 is 0 Å². The van der Waals surface area contributed by atoms with Crippen molar-refractivity contribution in [3.63, 3.8) is 0 Å². The highest BCUT2D eigenvalue weighted by Crippen LogP contribution is 2.52. The van der Waals surface area contributed by atoms with Crippen molar-refractivity contribution in [2.75, 3.05) is 0 Å². The van der Waals surface area contributed by atoms with Gasteiger partial charge in [-0.3, -0.25) is 0 Å². The van der Waals surface area contributed by atoms with Crippen molar-refractivity contribution in [1.29, 1.82) is 0 Å². The summed E-state index contributed by atoms with van der Waals surface area (Å²) in [7, 11) is 0. The van der Waals surface area contributed by atoms with Crippen LogP contribution in [-0.2, 0) is 25.9 Å². The highest BCUT2D eigenvalue weighted by Gasteiger charge is 2.29. The molecule has 4 atom stereocenters. The van der Waals surface area contributed by atoms with E-state index in [-0.39, 0.29) is 0 Å². The molecule has 0 aliphatic heterocycles. The van der Waals surface area contributed by atoms with Crippen molar-refractivity contribution in [3.8, 4) is 20.9 Å². The average Bonchev–Trinajstić information content (AvgIpc) is 4.22. The lowest BCUT2D eigenvalue weighted by atomic mass is 9.91. The molecule has 7 heterocycles. The average molecular weight is 992 g/mol. The molecule has 0 aliphatic carbocycles. The second-order valence-corrected chi connectivity index (χ2v) is 24.1. The first-order chi connectivity index (χ1) is 32.9. The van der Waals surface area contributed by atoms with Crippen LogP contribution in [0, 0.1) is 23.7 Å². The minimum absolute atomic E-state index is 0.630. The standard InChI is InChI=1S/C56H74N6S5/c1-9-17-21-35(13-5)29-39-25-27-41(49-47(39)57-66-59-49)45-31-43-53(63-45)55-51(61(43)33-37(15-7)23-19-11-3)52-56(65-55)54-44(62(52)34-38(16-8)24-20-12-4)32-46(64-54)42-28-26-40(48-50(42)60-67-58-48)30-36(14-6)22-18-10-2/h25-28,31-32,35-38H,9-24,29-30,33-34H2,1-8H3. The number of unbranched alkanes of at least 4 members (excludes halogenated alkanes) is 4. The van der Waals surface area contributed by atoms with E-state index in [9.17, 15) is 0 Å². The lowest BCUT2D eigenvalue weighted by Gasteiger charge is -2.19. The molecule has 67 heavy (non-hydrogen) atoms. The summed E-state index contributed by atoms with van der Waals surface area (Å²) < 4.78 is 31.3. The second-order valence-electron chi connectivity index (χ2n) is 19.9. The van der Waals surface area contributed by atoms with E-state index < -0.39 is 0 Å². The minimum atomic E-state index is 0.630. The van der Waals surface area contributed by atoms with Gasteiger partial charge in [0.1, 0.15) is 22.1 Å². The Kier molecular flexibility index (Phi) is 16.2. The van der Waals surface area contributed by atoms with Crippen molar-refractivity contribution in [3.05, 3.63) is 47.5 Å². The van der Waals surface area contributed by atoms with Crippen LogP contribution in [0.2, 0.25) is 0 Å². The van der Waals surface area contributed by atoms with Crippen LogP contribution in [0.5, 0.6) is 0 Å². The summed E-state index contributed by atoms with van der Waals surface area (Å²) in [4.78, 5) is 2.64. The van der Waals surface area contributed by atoms with E-state index in [1.165, 1.54) is 199 Å². The van der Waals surface area contributed by atoms with Gasteiger partial charge in [0, 0.05) is 34.0 Å². The highest BCUT2D eigenvalue weighted by molar-refractivity contribution is 7.35. The quantitative estimate of drug-likeness (QED) is 0.0542. The number of hydrogen-bond donors (Lipinski definition) is 0. The summed E-state index contributed by atoms with van der Waals surface area (Å²) in [6.07, 6.45) is 22.2. The van der Waals surface area contributed by atoms with Crippen LogP contribution in [0.25, 0.3) is 83.8 Å². The Morgan fingerprint density at radius 1 is 0.433 bits per heavy atom. The predicted molar refractivity (Wildman–Crippen MR) is 300 cm³/mol. The first kappa shape index (κ1) is 48.8. The van der Waals surface area contributed by atoms with E-state index in [2.05, 4.69) is 112 Å². The van der Waals surface area contributed by atoms with E-state index in [1.54, 1.807) is 0 Å². The van der Waals surface area contributed by atoms with Crippen LogP contribution in [0.1, 0.15) is 169 Å². The van der Waals surface area contributed by atoms with Gasteiger partial charge < -0.3 is 9.13 Å². The maximum absolute atomic E-state index is 5.01. The van der Waals surface area contributed by atoms with Crippen molar-refractivity contribution in [1.82, 2.24) is 26.6 Å². The molecule has 0 bridgehead atoms. The van der Waals surface area contributed by atoms with Gasteiger partial charge in [-0.1, -0.05) is 170 Å². The summed E-state index contributed by atoms with van der Waals surface area (Å²) in [5.41, 5.74) is 15.4. The zero-order valence-electron chi connectivity index (χ0n) is 41.6. The van der Waals surface area contributed by atoms with Crippen molar-refractivity contribution in [2.45, 2.75) is 184 Å². The third-order valence-corrected chi connectivity index (χ3v) is 20.3. The zero-order chi connectivity index (χ0) is 46.6. The molecule has 6 nitrogen and oxygen atoms in total. The predicted octanol–water partition coefficient (Wildman–Crippen LogP) is 19.4. The number of fused-ring (bicyclic) bond motifs is 9. The summed E-state index contributed by atoms with van der Waals surface area (Å²) in [5, 5.41) is 0. The Bertz CT molecular complexity index is 2840. The molecule has 0 aliphatic rings. The van der Waals surface area contributed by atoms with Gasteiger partial charge in [0.25, 0.3) is 0 Å². The van der Waals surface area contributed by atoms with Crippen molar-refractivity contribution in [2.24, 2.45) is 23.7 Å². The molecule has 0 spiro atoms. The number of aromatic nitrogens is 6. The van der Waals surface area contributed by atoms with Crippen LogP contribution < -0.4 is 0 Å². The van der Waals surface area contributed by atoms with E-state index >= 15 is 0 Å². The van der Waals surface area contributed by atoms with Crippen molar-refractivity contribution < 1.29 is 0 Å².